The fourth-order valence-corrected chi connectivity index (χ4v) is 5.84. The number of nitrogens with two attached hydrogens (primary N) is 1. The van der Waals surface area contributed by atoms with Gasteiger partial charge in [0.15, 0.2) is 11.5 Å². The van der Waals surface area contributed by atoms with Gasteiger partial charge in [0.2, 0.25) is 5.95 Å². The van der Waals surface area contributed by atoms with E-state index in [9.17, 15) is 18.0 Å². The van der Waals surface area contributed by atoms with E-state index in [4.69, 9.17) is 15.5 Å². The van der Waals surface area contributed by atoms with Gasteiger partial charge in [-0.1, -0.05) is 18.7 Å². The Morgan fingerprint density at radius 1 is 1.26 bits per heavy atom. The second kappa shape index (κ2) is 9.60. The molecule has 3 aliphatic rings. The van der Waals surface area contributed by atoms with Gasteiger partial charge in [0, 0.05) is 23.2 Å². The van der Waals surface area contributed by atoms with Crippen LogP contribution in [0.25, 0.3) is 5.57 Å². The summed E-state index contributed by atoms with van der Waals surface area (Å²) in [5.41, 5.74) is 5.38. The minimum absolute atomic E-state index is 0.103. The van der Waals surface area contributed by atoms with Crippen molar-refractivity contribution in [2.24, 2.45) is 16.1 Å². The van der Waals surface area contributed by atoms with Crippen LogP contribution in [0.15, 0.2) is 53.7 Å². The third-order valence-corrected chi connectivity index (χ3v) is 7.48. The van der Waals surface area contributed by atoms with Crippen LogP contribution in [0.1, 0.15) is 57.9 Å². The lowest BCUT2D eigenvalue weighted by molar-refractivity contribution is -0.178. The van der Waals surface area contributed by atoms with Crippen molar-refractivity contribution in [2.45, 2.75) is 76.7 Å². The van der Waals surface area contributed by atoms with Crippen LogP contribution in [0, 0.1) is 11.4 Å². The monoisotopic (exact) mass is 488 g/mol. The summed E-state index contributed by atoms with van der Waals surface area (Å²) in [6, 6.07) is 3.02. The minimum Gasteiger partial charge on any atom is -0.369 e. The van der Waals surface area contributed by atoms with Crippen LogP contribution in [-0.4, -0.2) is 46.0 Å². The first-order valence-electron chi connectivity index (χ1n) is 11.9. The van der Waals surface area contributed by atoms with Gasteiger partial charge < -0.3 is 10.5 Å². The smallest absolute Gasteiger partial charge is 0.345 e. The van der Waals surface area contributed by atoms with Gasteiger partial charge in [-0.15, -0.1) is 0 Å². The number of allylic oxidation sites excluding steroid dienone is 3. The molecule has 1 unspecified atom stereocenters. The largest absolute Gasteiger partial charge is 0.369 e. The first kappa shape index (κ1) is 25.2. The number of hydrogen-bond donors (Lipinski definition) is 1. The van der Waals surface area contributed by atoms with E-state index in [1.165, 1.54) is 11.1 Å². The number of aromatic nitrogens is 1. The molecule has 1 amide bonds. The average molecular weight is 489 g/mol. The van der Waals surface area contributed by atoms with Crippen molar-refractivity contribution in [2.75, 3.05) is 0 Å². The molecule has 1 aromatic rings. The highest BCUT2D eigenvalue weighted by molar-refractivity contribution is 6.10. The minimum atomic E-state index is -2.85. The summed E-state index contributed by atoms with van der Waals surface area (Å²) in [6.45, 7) is 5.14. The third-order valence-electron chi connectivity index (χ3n) is 7.48. The van der Waals surface area contributed by atoms with Crippen LogP contribution in [0.5, 0.6) is 0 Å². The SMILES string of the molecule is C=C1/C=C(c2cccnc2F)\C=C/CCC2(CCC(OC(F)F)CC2)C12N=C(N)N(C(C)C)C2=O. The summed E-state index contributed by atoms with van der Waals surface area (Å²) in [5, 5.41) is 0. The van der Waals surface area contributed by atoms with E-state index in [2.05, 4.69) is 11.6 Å². The number of fused-ring (bicyclic) bond motifs is 1. The lowest BCUT2D eigenvalue weighted by Gasteiger charge is -2.49. The predicted molar refractivity (Wildman–Crippen MR) is 128 cm³/mol. The summed E-state index contributed by atoms with van der Waals surface area (Å²) in [4.78, 5) is 24.2. The van der Waals surface area contributed by atoms with E-state index in [0.717, 1.165) is 0 Å². The number of carbonyl (C=O) groups is 1. The van der Waals surface area contributed by atoms with Crippen LogP contribution < -0.4 is 5.73 Å². The number of rotatable bonds is 4. The van der Waals surface area contributed by atoms with E-state index in [1.807, 2.05) is 19.9 Å². The zero-order chi connectivity index (χ0) is 25.4. The molecule has 0 aromatic carbocycles. The molecule has 2 aliphatic carbocycles. The second-order valence-corrected chi connectivity index (χ2v) is 9.73. The Hall–Kier alpha value is -2.94. The van der Waals surface area contributed by atoms with Gasteiger partial charge in [-0.25, -0.2) is 9.98 Å². The Balaban J connectivity index is 1.84. The number of guanidine groups is 1. The van der Waals surface area contributed by atoms with Crippen LogP contribution in [0.4, 0.5) is 13.2 Å². The molecule has 2 N–H and O–H groups in total. The molecule has 1 aromatic heterocycles. The van der Waals surface area contributed by atoms with Crippen LogP contribution in [-0.2, 0) is 9.53 Å². The number of hydrogen-bond acceptors (Lipinski definition) is 5. The van der Waals surface area contributed by atoms with Gasteiger partial charge in [0.25, 0.3) is 5.91 Å². The van der Waals surface area contributed by atoms with Gasteiger partial charge in [-0.3, -0.25) is 9.69 Å². The maximum atomic E-state index is 14.6. The number of halogens is 3. The number of amides is 1. The summed E-state index contributed by atoms with van der Waals surface area (Å²) < 4.78 is 45.2. The first-order chi connectivity index (χ1) is 16.6. The quantitative estimate of drug-likeness (QED) is 0.606. The van der Waals surface area contributed by atoms with Crippen molar-refractivity contribution in [3.63, 3.8) is 0 Å². The fraction of sp³-hybridized carbons (Fsp3) is 0.500. The number of pyridine rings is 1. The maximum Gasteiger partial charge on any atom is 0.345 e. The zero-order valence-electron chi connectivity index (χ0n) is 20.0. The van der Waals surface area contributed by atoms with Gasteiger partial charge in [-0.05, 0) is 81.7 Å². The average Bonchev–Trinajstić information content (AvgIpc) is 3.10. The van der Waals surface area contributed by atoms with Gasteiger partial charge in [0.1, 0.15) is 0 Å². The summed E-state index contributed by atoms with van der Waals surface area (Å²) in [7, 11) is 0. The normalized spacial score (nSPS) is 32.0. The van der Waals surface area contributed by atoms with Crippen molar-refractivity contribution >= 4 is 17.4 Å². The fourth-order valence-electron chi connectivity index (χ4n) is 5.84. The molecule has 35 heavy (non-hydrogen) atoms. The van der Waals surface area contributed by atoms with Crippen LogP contribution in [0.3, 0.4) is 0 Å². The Bertz CT molecular complexity index is 1090. The molecule has 1 aliphatic heterocycles. The van der Waals surface area contributed by atoms with Crippen molar-refractivity contribution in [1.29, 1.82) is 0 Å². The Morgan fingerprint density at radius 3 is 2.57 bits per heavy atom. The second-order valence-electron chi connectivity index (χ2n) is 9.73. The molecule has 0 radical (unpaired) electrons. The van der Waals surface area contributed by atoms with Crippen molar-refractivity contribution in [3.8, 4) is 0 Å². The molecule has 0 bridgehead atoms. The van der Waals surface area contributed by atoms with Gasteiger partial charge >= 0.3 is 6.61 Å². The number of alkyl halides is 2. The number of nitrogens with zero attached hydrogens (tertiary/aromatic N) is 3. The van der Waals surface area contributed by atoms with Crippen molar-refractivity contribution in [1.82, 2.24) is 9.88 Å². The predicted octanol–water partition coefficient (Wildman–Crippen LogP) is 4.98. The Morgan fingerprint density at radius 2 is 1.97 bits per heavy atom. The molecule has 9 heteroatoms. The van der Waals surface area contributed by atoms with E-state index in [0.29, 0.717) is 49.7 Å². The molecule has 0 saturated heterocycles. The molecule has 1 saturated carbocycles. The number of ether oxygens (including phenoxy) is 1. The summed E-state index contributed by atoms with van der Waals surface area (Å²) in [5.74, 6) is -0.813. The summed E-state index contributed by atoms with van der Waals surface area (Å²) >= 11 is 0. The molecule has 1 fully saturated rings. The topological polar surface area (TPSA) is 80.8 Å². The highest BCUT2D eigenvalue weighted by Gasteiger charge is 2.63. The maximum absolute atomic E-state index is 14.6. The van der Waals surface area contributed by atoms with Crippen LogP contribution in [0.2, 0.25) is 0 Å². The number of aliphatic imine (C=N–C) groups is 1. The van der Waals surface area contributed by atoms with E-state index in [-0.39, 0.29) is 23.5 Å². The molecule has 1 atom stereocenters. The van der Waals surface area contributed by atoms with Crippen molar-refractivity contribution in [3.05, 3.63) is 60.2 Å². The van der Waals surface area contributed by atoms with Gasteiger partial charge in [0.05, 0.1) is 6.10 Å². The standard InChI is InChI=1S/C26H31F3N4O2/c1-16(2)33-22(34)26(32-24(33)30)17(3)15-18(20-8-6-14-31-21(20)27)7-4-5-11-25(26)12-9-19(10-13-25)35-23(28)29/h4,6-8,14-16,19,23H,3,5,9-13H2,1-2H3,(H2,30,32)/b7-4-,18-15+. The molecular formula is C26H31F3N4O2. The lowest BCUT2D eigenvalue weighted by Crippen LogP contribution is -2.58. The zero-order valence-corrected chi connectivity index (χ0v) is 20.0. The Kier molecular flexibility index (Phi) is 6.90. The highest BCUT2D eigenvalue weighted by Crippen LogP contribution is 2.56. The van der Waals surface area contributed by atoms with E-state index >= 15 is 0 Å². The summed E-state index contributed by atoms with van der Waals surface area (Å²) in [6.07, 6.45) is 8.95. The molecule has 2 spiro atoms. The lowest BCUT2D eigenvalue weighted by atomic mass is 9.56. The highest BCUT2D eigenvalue weighted by atomic mass is 19.3. The Labute approximate surface area is 203 Å². The van der Waals surface area contributed by atoms with Crippen molar-refractivity contribution < 1.29 is 22.7 Å². The molecule has 188 valence electrons. The number of carbonyl (C=O) groups excluding carboxylic acids is 1. The molecule has 6 nitrogen and oxygen atoms in total. The molecule has 4 rings (SSSR count). The van der Waals surface area contributed by atoms with E-state index < -0.39 is 29.6 Å². The third kappa shape index (κ3) is 4.30. The van der Waals surface area contributed by atoms with Gasteiger partial charge in [-0.2, -0.15) is 13.2 Å². The molecule has 2 heterocycles. The van der Waals surface area contributed by atoms with Crippen LogP contribution >= 0.6 is 0 Å². The van der Waals surface area contributed by atoms with E-state index in [1.54, 1.807) is 24.3 Å². The molecular weight excluding hydrogens is 457 g/mol. The first-order valence-corrected chi connectivity index (χ1v) is 11.9.